The van der Waals surface area contributed by atoms with Crippen molar-refractivity contribution in [3.8, 4) is 17.6 Å². The molecule has 0 aliphatic carbocycles. The van der Waals surface area contributed by atoms with E-state index in [4.69, 9.17) is 9.72 Å². The zero-order chi connectivity index (χ0) is 30.1. The van der Waals surface area contributed by atoms with E-state index in [1.54, 1.807) is 4.68 Å². The summed E-state index contributed by atoms with van der Waals surface area (Å²) in [4.78, 5) is 29.2. The lowest BCUT2D eigenvalue weighted by atomic mass is 10.1. The van der Waals surface area contributed by atoms with E-state index in [-0.39, 0.29) is 13.0 Å². The lowest BCUT2D eigenvalue weighted by Gasteiger charge is -2.40. The Kier molecular flexibility index (Phi) is 7.25. The van der Waals surface area contributed by atoms with Crippen LogP contribution in [0.2, 0.25) is 0 Å². The second kappa shape index (κ2) is 11.3. The fourth-order valence-electron chi connectivity index (χ4n) is 5.15. The van der Waals surface area contributed by atoms with Crippen molar-refractivity contribution < 1.29 is 13.9 Å². The molecule has 216 valence electrons. The van der Waals surface area contributed by atoms with Crippen molar-refractivity contribution in [2.45, 2.75) is 19.4 Å². The highest BCUT2D eigenvalue weighted by atomic mass is 19.1. The second-order valence-corrected chi connectivity index (χ2v) is 10.2. The Morgan fingerprint density at radius 1 is 1.16 bits per heavy atom. The first-order valence-electron chi connectivity index (χ1n) is 13.5. The van der Waals surface area contributed by atoms with Gasteiger partial charge >= 0.3 is 0 Å². The molecule has 6 rings (SSSR count). The predicted molar refractivity (Wildman–Crippen MR) is 159 cm³/mol. The topological polar surface area (TPSA) is 138 Å². The Bertz CT molecular complexity index is 1920. The van der Waals surface area contributed by atoms with Crippen molar-refractivity contribution in [2.24, 2.45) is 7.05 Å². The average molecular weight is 579 g/mol. The fourth-order valence-corrected chi connectivity index (χ4v) is 5.15. The first-order chi connectivity index (χ1) is 20.8. The Morgan fingerprint density at radius 3 is 2.81 bits per heavy atom. The molecule has 1 N–H and O–H groups in total. The zero-order valence-electron chi connectivity index (χ0n) is 23.5. The molecule has 1 atom stereocenters. The number of benzene rings is 2. The largest absolute Gasteiger partial charge is 0.457 e. The molecule has 1 amide bonds. The summed E-state index contributed by atoms with van der Waals surface area (Å²) in [5.74, 6) is 0.689. The lowest BCUT2D eigenvalue weighted by molar-refractivity contribution is -0.131. The van der Waals surface area contributed by atoms with Gasteiger partial charge in [-0.05, 0) is 55.0 Å². The summed E-state index contributed by atoms with van der Waals surface area (Å²) in [7, 11) is 1.84. The van der Waals surface area contributed by atoms with Gasteiger partial charge in [0.05, 0.1) is 29.6 Å². The van der Waals surface area contributed by atoms with Gasteiger partial charge in [-0.3, -0.25) is 4.79 Å². The number of hydrogen-bond donors (Lipinski definition) is 1. The van der Waals surface area contributed by atoms with Crippen LogP contribution in [0.3, 0.4) is 0 Å². The van der Waals surface area contributed by atoms with Gasteiger partial charge < -0.3 is 19.9 Å². The molecule has 0 bridgehead atoms. The van der Waals surface area contributed by atoms with Crippen LogP contribution in [-0.4, -0.2) is 66.4 Å². The number of pyridine rings is 1. The standard InChI is InChI=1S/C30H27FN10O2/c1-18-14-20(4-8-26(18)43-22-5-7-25-24(15-22)37-38-39(25)3)35-29-28-23(33-17-34-29)6-9-27(36-28)40-12-13-41(30(42)19(2)31)21(16-40)10-11-32/h4-9,14-15,17,21H,2,10,12-13,16H2,1,3H3,(H,33,34,35)/t21-/m0/s1. The quantitative estimate of drug-likeness (QED) is 0.273. The molecule has 0 radical (unpaired) electrons. The fraction of sp³-hybridized carbons (Fsp3) is 0.233. The molecule has 0 saturated carbocycles. The molecule has 3 aromatic heterocycles. The number of anilines is 3. The Hall–Kier alpha value is -5.64. The van der Waals surface area contributed by atoms with Crippen LogP contribution >= 0.6 is 0 Å². The van der Waals surface area contributed by atoms with E-state index in [0.717, 1.165) is 22.3 Å². The van der Waals surface area contributed by atoms with E-state index < -0.39 is 17.8 Å². The number of rotatable bonds is 7. The van der Waals surface area contributed by atoms with Crippen LogP contribution in [0.15, 0.2) is 67.3 Å². The maximum Gasteiger partial charge on any atom is 0.282 e. The smallest absolute Gasteiger partial charge is 0.282 e. The molecule has 12 nitrogen and oxygen atoms in total. The van der Waals surface area contributed by atoms with Crippen molar-refractivity contribution in [1.82, 2.24) is 34.8 Å². The number of halogens is 1. The Labute approximate surface area is 246 Å². The average Bonchev–Trinajstić information content (AvgIpc) is 3.38. The van der Waals surface area contributed by atoms with Gasteiger partial charge in [0.2, 0.25) is 0 Å². The number of hydrogen-bond acceptors (Lipinski definition) is 10. The molecule has 1 aliphatic heterocycles. The van der Waals surface area contributed by atoms with Gasteiger partial charge in [-0.2, -0.15) is 5.26 Å². The molecular formula is C30H27FN10O2. The van der Waals surface area contributed by atoms with Crippen LogP contribution in [0.1, 0.15) is 12.0 Å². The minimum atomic E-state index is -1.04. The van der Waals surface area contributed by atoms with Crippen molar-refractivity contribution in [1.29, 1.82) is 5.26 Å². The van der Waals surface area contributed by atoms with E-state index >= 15 is 0 Å². The molecule has 2 aromatic carbocycles. The van der Waals surface area contributed by atoms with Crippen LogP contribution in [0.4, 0.5) is 21.7 Å². The number of nitrogens with zero attached hydrogens (tertiary/aromatic N) is 9. The number of piperazine rings is 1. The summed E-state index contributed by atoms with van der Waals surface area (Å²) in [5.41, 5.74) is 4.56. The van der Waals surface area contributed by atoms with Crippen molar-refractivity contribution in [2.75, 3.05) is 29.9 Å². The Morgan fingerprint density at radius 2 is 2.02 bits per heavy atom. The van der Waals surface area contributed by atoms with Gasteiger partial charge in [-0.15, -0.1) is 5.10 Å². The summed E-state index contributed by atoms with van der Waals surface area (Å²) < 4.78 is 21.4. The highest BCUT2D eigenvalue weighted by Gasteiger charge is 2.32. The maximum atomic E-state index is 13.6. The van der Waals surface area contributed by atoms with Gasteiger partial charge in [0.15, 0.2) is 11.6 Å². The number of aromatic nitrogens is 6. The Balaban J connectivity index is 1.22. The van der Waals surface area contributed by atoms with E-state index in [1.165, 1.54) is 11.2 Å². The minimum absolute atomic E-state index is 0.0625. The molecule has 13 heteroatoms. The molecule has 5 aromatic rings. The minimum Gasteiger partial charge on any atom is -0.457 e. The highest BCUT2D eigenvalue weighted by Crippen LogP contribution is 2.31. The molecular weight excluding hydrogens is 551 g/mol. The van der Waals surface area contributed by atoms with Gasteiger partial charge in [0.25, 0.3) is 5.91 Å². The van der Waals surface area contributed by atoms with Crippen LogP contribution in [0, 0.1) is 18.3 Å². The molecule has 0 unspecified atom stereocenters. The van der Waals surface area contributed by atoms with E-state index in [9.17, 15) is 14.4 Å². The molecule has 0 spiro atoms. The number of ether oxygens (including phenoxy) is 1. The van der Waals surface area contributed by atoms with Gasteiger partial charge in [0, 0.05) is 38.4 Å². The number of nitrogens with one attached hydrogen (secondary N) is 1. The molecule has 1 fully saturated rings. The maximum absolute atomic E-state index is 13.6. The summed E-state index contributed by atoms with van der Waals surface area (Å²) in [6.45, 7) is 6.06. The van der Waals surface area contributed by atoms with E-state index in [1.807, 2.05) is 67.4 Å². The summed E-state index contributed by atoms with van der Waals surface area (Å²) in [6.07, 6.45) is 1.53. The first-order valence-corrected chi connectivity index (χ1v) is 13.5. The second-order valence-electron chi connectivity index (χ2n) is 10.2. The summed E-state index contributed by atoms with van der Waals surface area (Å²) >= 11 is 0. The molecule has 4 heterocycles. The highest BCUT2D eigenvalue weighted by molar-refractivity contribution is 5.91. The number of amides is 1. The summed E-state index contributed by atoms with van der Waals surface area (Å²) in [6, 6.07) is 16.7. The van der Waals surface area contributed by atoms with Crippen LogP contribution in [-0.2, 0) is 11.8 Å². The SMILES string of the molecule is C=C(F)C(=O)N1CCN(c2ccc3ncnc(Nc4ccc(Oc5ccc6c(c5)nnn6C)c(C)c4)c3n2)C[C@@H]1CC#N. The molecule has 1 saturated heterocycles. The monoisotopic (exact) mass is 578 g/mol. The van der Waals surface area contributed by atoms with E-state index in [2.05, 4.69) is 38.2 Å². The van der Waals surface area contributed by atoms with Crippen molar-refractivity contribution in [3.05, 3.63) is 72.8 Å². The van der Waals surface area contributed by atoms with Gasteiger partial charge in [0.1, 0.15) is 34.7 Å². The normalized spacial score (nSPS) is 15.0. The van der Waals surface area contributed by atoms with Crippen molar-refractivity contribution >= 4 is 45.3 Å². The summed E-state index contributed by atoms with van der Waals surface area (Å²) in [5, 5.41) is 20.8. The number of carbonyl (C=O) groups excluding carboxylic acids is 1. The number of aryl methyl sites for hydroxylation is 2. The van der Waals surface area contributed by atoms with E-state index in [0.29, 0.717) is 47.3 Å². The predicted octanol–water partition coefficient (Wildman–Crippen LogP) is 4.56. The number of nitriles is 1. The third kappa shape index (κ3) is 5.50. The van der Waals surface area contributed by atoms with Gasteiger partial charge in [-0.25, -0.2) is 24.0 Å². The molecule has 43 heavy (non-hydrogen) atoms. The van der Waals surface area contributed by atoms with Crippen LogP contribution in [0.25, 0.3) is 22.1 Å². The third-order valence-corrected chi connectivity index (χ3v) is 7.34. The van der Waals surface area contributed by atoms with Crippen LogP contribution < -0.4 is 15.0 Å². The number of carbonyl (C=O) groups is 1. The first kappa shape index (κ1) is 27.5. The van der Waals surface area contributed by atoms with Crippen molar-refractivity contribution in [3.63, 3.8) is 0 Å². The van der Waals surface area contributed by atoms with Gasteiger partial charge in [-0.1, -0.05) is 11.8 Å². The number of fused-ring (bicyclic) bond motifs is 2. The zero-order valence-corrected chi connectivity index (χ0v) is 23.5. The third-order valence-electron chi connectivity index (χ3n) is 7.34. The van der Waals surface area contributed by atoms with Crippen LogP contribution in [0.5, 0.6) is 11.5 Å². The lowest BCUT2D eigenvalue weighted by Crippen LogP contribution is -2.55. The molecule has 1 aliphatic rings.